The van der Waals surface area contributed by atoms with Crippen LogP contribution >= 0.6 is 0 Å². The van der Waals surface area contributed by atoms with Gasteiger partial charge in [0, 0.05) is 31.9 Å². The molecular formula is C13H18N4O2. The Morgan fingerprint density at radius 1 is 1.05 bits per heavy atom. The van der Waals surface area contributed by atoms with Crippen LogP contribution in [0.4, 0.5) is 15.3 Å². The predicted molar refractivity (Wildman–Crippen MR) is 73.1 cm³/mol. The number of imide groups is 1. The van der Waals surface area contributed by atoms with Crippen molar-refractivity contribution in [3.63, 3.8) is 0 Å². The van der Waals surface area contributed by atoms with Crippen LogP contribution in [0.25, 0.3) is 0 Å². The molecular weight excluding hydrogens is 244 g/mol. The lowest BCUT2D eigenvalue weighted by Gasteiger charge is -2.32. The summed E-state index contributed by atoms with van der Waals surface area (Å²) in [5.41, 5.74) is 0.658. The number of urea groups is 2. The number of piperazine rings is 1. The van der Waals surface area contributed by atoms with Crippen molar-refractivity contribution in [1.29, 1.82) is 0 Å². The van der Waals surface area contributed by atoms with Gasteiger partial charge in [-0.15, -0.1) is 0 Å². The summed E-state index contributed by atoms with van der Waals surface area (Å²) in [6.07, 6.45) is 0. The molecule has 102 valence electrons. The maximum Gasteiger partial charge on any atom is 0.327 e. The highest BCUT2D eigenvalue weighted by Crippen LogP contribution is 2.04. The lowest BCUT2D eigenvalue weighted by atomic mass is 10.3. The average Bonchev–Trinajstić information content (AvgIpc) is 2.40. The normalized spacial score (nSPS) is 15.9. The quantitative estimate of drug-likeness (QED) is 0.798. The van der Waals surface area contributed by atoms with E-state index in [-0.39, 0.29) is 6.03 Å². The number of rotatable bonds is 1. The maximum absolute atomic E-state index is 11.8. The van der Waals surface area contributed by atoms with Gasteiger partial charge in [0.15, 0.2) is 0 Å². The molecule has 0 radical (unpaired) electrons. The second-order valence-electron chi connectivity index (χ2n) is 4.54. The Balaban J connectivity index is 1.80. The topological polar surface area (TPSA) is 64.7 Å². The van der Waals surface area contributed by atoms with Crippen molar-refractivity contribution in [2.45, 2.75) is 0 Å². The van der Waals surface area contributed by atoms with Gasteiger partial charge in [0.1, 0.15) is 0 Å². The molecule has 0 spiro atoms. The van der Waals surface area contributed by atoms with Crippen LogP contribution < -0.4 is 10.6 Å². The number of carbonyl (C=O) groups is 2. The molecule has 1 aliphatic rings. The van der Waals surface area contributed by atoms with Gasteiger partial charge in [-0.05, 0) is 19.2 Å². The van der Waals surface area contributed by atoms with Gasteiger partial charge < -0.3 is 15.1 Å². The molecule has 1 aliphatic heterocycles. The highest BCUT2D eigenvalue weighted by atomic mass is 16.2. The van der Waals surface area contributed by atoms with E-state index in [1.165, 1.54) is 0 Å². The van der Waals surface area contributed by atoms with Crippen molar-refractivity contribution in [1.82, 2.24) is 15.1 Å². The molecule has 2 N–H and O–H groups in total. The Kier molecular flexibility index (Phi) is 4.35. The fourth-order valence-electron chi connectivity index (χ4n) is 1.87. The monoisotopic (exact) mass is 262 g/mol. The van der Waals surface area contributed by atoms with Crippen molar-refractivity contribution in [3.05, 3.63) is 30.3 Å². The Morgan fingerprint density at radius 3 is 2.32 bits per heavy atom. The van der Waals surface area contributed by atoms with Gasteiger partial charge in [-0.1, -0.05) is 18.2 Å². The van der Waals surface area contributed by atoms with E-state index in [2.05, 4.69) is 15.5 Å². The minimum absolute atomic E-state index is 0.346. The molecule has 0 aliphatic carbocycles. The SMILES string of the molecule is CN1CCN(C(=O)NC(=O)Nc2ccccc2)CC1. The molecule has 6 nitrogen and oxygen atoms in total. The third-order valence-corrected chi connectivity index (χ3v) is 3.04. The molecule has 0 bridgehead atoms. The van der Waals surface area contributed by atoms with Gasteiger partial charge in [0.25, 0.3) is 0 Å². The van der Waals surface area contributed by atoms with Gasteiger partial charge in [0.2, 0.25) is 0 Å². The number of nitrogens with zero attached hydrogens (tertiary/aromatic N) is 2. The molecule has 1 fully saturated rings. The molecule has 4 amide bonds. The lowest BCUT2D eigenvalue weighted by molar-refractivity contribution is 0.155. The molecule has 2 rings (SSSR count). The number of carbonyl (C=O) groups excluding carboxylic acids is 2. The molecule has 0 unspecified atom stereocenters. The number of hydrogen-bond acceptors (Lipinski definition) is 3. The first-order chi connectivity index (χ1) is 9.15. The second kappa shape index (κ2) is 6.19. The summed E-state index contributed by atoms with van der Waals surface area (Å²) >= 11 is 0. The molecule has 0 saturated carbocycles. The summed E-state index contributed by atoms with van der Waals surface area (Å²) in [6.45, 7) is 2.93. The number of hydrogen-bond donors (Lipinski definition) is 2. The van der Waals surface area contributed by atoms with Crippen molar-refractivity contribution >= 4 is 17.7 Å². The Bertz CT molecular complexity index is 441. The first kappa shape index (κ1) is 13.4. The molecule has 1 aromatic rings. The summed E-state index contributed by atoms with van der Waals surface area (Å²) in [5, 5.41) is 4.94. The van der Waals surface area contributed by atoms with E-state index in [9.17, 15) is 9.59 Å². The molecule has 1 saturated heterocycles. The first-order valence-corrected chi connectivity index (χ1v) is 6.25. The third kappa shape index (κ3) is 3.96. The van der Waals surface area contributed by atoms with Crippen LogP contribution in [-0.4, -0.2) is 55.1 Å². The third-order valence-electron chi connectivity index (χ3n) is 3.04. The van der Waals surface area contributed by atoms with E-state index >= 15 is 0 Å². The van der Waals surface area contributed by atoms with Gasteiger partial charge >= 0.3 is 12.1 Å². The van der Waals surface area contributed by atoms with Gasteiger partial charge in [-0.25, -0.2) is 9.59 Å². The van der Waals surface area contributed by atoms with E-state index in [0.717, 1.165) is 13.1 Å². The number of nitrogens with one attached hydrogen (secondary N) is 2. The van der Waals surface area contributed by atoms with Crippen LogP contribution in [0.15, 0.2) is 30.3 Å². The van der Waals surface area contributed by atoms with Crippen LogP contribution in [-0.2, 0) is 0 Å². The largest absolute Gasteiger partial charge is 0.327 e. The van der Waals surface area contributed by atoms with Gasteiger partial charge in [0.05, 0.1) is 0 Å². The smallest absolute Gasteiger partial charge is 0.322 e. The summed E-state index contributed by atoms with van der Waals surface area (Å²) in [5.74, 6) is 0. The summed E-state index contributed by atoms with van der Waals surface area (Å²) in [6, 6.07) is 8.17. The fourth-order valence-corrected chi connectivity index (χ4v) is 1.87. The first-order valence-electron chi connectivity index (χ1n) is 6.25. The zero-order chi connectivity index (χ0) is 13.7. The molecule has 0 atom stereocenters. The van der Waals surface area contributed by atoms with E-state index in [0.29, 0.717) is 18.8 Å². The lowest BCUT2D eigenvalue weighted by Crippen LogP contribution is -2.52. The van der Waals surface area contributed by atoms with Crippen LogP contribution in [0, 0.1) is 0 Å². The summed E-state index contributed by atoms with van der Waals surface area (Å²) < 4.78 is 0. The molecule has 0 aromatic heterocycles. The van der Waals surface area contributed by atoms with Crippen molar-refractivity contribution in [2.75, 3.05) is 38.5 Å². The molecule has 19 heavy (non-hydrogen) atoms. The Morgan fingerprint density at radius 2 is 1.68 bits per heavy atom. The zero-order valence-electron chi connectivity index (χ0n) is 10.9. The van der Waals surface area contributed by atoms with Crippen molar-refractivity contribution in [2.24, 2.45) is 0 Å². The van der Waals surface area contributed by atoms with Crippen molar-refractivity contribution in [3.8, 4) is 0 Å². The van der Waals surface area contributed by atoms with E-state index in [4.69, 9.17) is 0 Å². The predicted octanol–water partition coefficient (Wildman–Crippen LogP) is 1.18. The molecule has 1 aromatic carbocycles. The molecule has 6 heteroatoms. The number of para-hydroxylation sites is 1. The number of anilines is 1. The number of likely N-dealkylation sites (N-methyl/N-ethyl adjacent to an activating group) is 1. The van der Waals surface area contributed by atoms with Crippen LogP contribution in [0.3, 0.4) is 0 Å². The van der Waals surface area contributed by atoms with Gasteiger partial charge in [-0.3, -0.25) is 5.32 Å². The number of amides is 4. The minimum Gasteiger partial charge on any atom is -0.322 e. The van der Waals surface area contributed by atoms with Crippen LogP contribution in [0.2, 0.25) is 0 Å². The highest BCUT2D eigenvalue weighted by molar-refractivity contribution is 6.00. The van der Waals surface area contributed by atoms with Crippen LogP contribution in [0.1, 0.15) is 0 Å². The van der Waals surface area contributed by atoms with Crippen LogP contribution in [0.5, 0.6) is 0 Å². The standard InChI is InChI=1S/C13H18N4O2/c1-16-7-9-17(10-8-16)13(19)15-12(18)14-11-5-3-2-4-6-11/h2-6H,7-10H2,1H3,(H2,14,15,18,19). The average molecular weight is 262 g/mol. The van der Waals surface area contributed by atoms with Gasteiger partial charge in [-0.2, -0.15) is 0 Å². The maximum atomic E-state index is 11.8. The van der Waals surface area contributed by atoms with E-state index in [1.54, 1.807) is 17.0 Å². The zero-order valence-corrected chi connectivity index (χ0v) is 10.9. The summed E-state index contributed by atoms with van der Waals surface area (Å²) in [7, 11) is 2.01. The molecule has 1 heterocycles. The fraction of sp³-hybridized carbons (Fsp3) is 0.385. The Labute approximate surface area is 112 Å². The Hall–Kier alpha value is -2.08. The number of benzene rings is 1. The highest BCUT2D eigenvalue weighted by Gasteiger charge is 2.20. The van der Waals surface area contributed by atoms with E-state index < -0.39 is 6.03 Å². The second-order valence-corrected chi connectivity index (χ2v) is 4.54. The van der Waals surface area contributed by atoms with Crippen molar-refractivity contribution < 1.29 is 9.59 Å². The summed E-state index contributed by atoms with van der Waals surface area (Å²) in [4.78, 5) is 27.3. The minimum atomic E-state index is -0.505. The van der Waals surface area contributed by atoms with E-state index in [1.807, 2.05) is 25.2 Å².